The molecule has 182 valence electrons. The van der Waals surface area contributed by atoms with Crippen LogP contribution >= 0.6 is 0 Å². The molecule has 4 rings (SSSR count). The SMILES string of the molecule is C=C(NC(=O)c1cccc(-c2c([N+](=O)[O-])cc3oc(-c4ccc(F)cc4)c(C=O)c3c2F)c1)C(C)C. The summed E-state index contributed by atoms with van der Waals surface area (Å²) < 4.78 is 35.0. The van der Waals surface area contributed by atoms with E-state index < -0.39 is 33.7 Å². The third-order valence-corrected chi connectivity index (χ3v) is 5.74. The van der Waals surface area contributed by atoms with E-state index in [1.807, 2.05) is 13.8 Å². The fourth-order valence-electron chi connectivity index (χ4n) is 3.75. The van der Waals surface area contributed by atoms with Crippen LogP contribution in [0.15, 0.2) is 71.3 Å². The molecular weight excluding hydrogens is 470 g/mol. The summed E-state index contributed by atoms with van der Waals surface area (Å²) in [5.41, 5.74) is -0.434. The molecule has 1 aromatic heterocycles. The van der Waals surface area contributed by atoms with Gasteiger partial charge in [0.25, 0.3) is 11.6 Å². The molecule has 9 heteroatoms. The second-order valence-corrected chi connectivity index (χ2v) is 8.40. The van der Waals surface area contributed by atoms with Gasteiger partial charge in [-0.15, -0.1) is 0 Å². The van der Waals surface area contributed by atoms with Crippen LogP contribution in [-0.4, -0.2) is 17.1 Å². The molecular formula is C27H20F2N2O5. The van der Waals surface area contributed by atoms with Crippen LogP contribution in [0.4, 0.5) is 14.5 Å². The van der Waals surface area contributed by atoms with Crippen LogP contribution in [0, 0.1) is 27.7 Å². The molecule has 3 aromatic carbocycles. The molecule has 0 fully saturated rings. The number of nitrogens with zero attached hydrogens (tertiary/aromatic N) is 1. The monoisotopic (exact) mass is 490 g/mol. The van der Waals surface area contributed by atoms with Crippen LogP contribution in [0.3, 0.4) is 0 Å². The maximum atomic E-state index is 16.0. The lowest BCUT2D eigenvalue weighted by molar-refractivity contribution is -0.384. The van der Waals surface area contributed by atoms with Gasteiger partial charge in [-0.1, -0.05) is 32.6 Å². The molecule has 0 aliphatic heterocycles. The lowest BCUT2D eigenvalue weighted by atomic mass is 9.97. The number of nitro benzene ring substituents is 1. The highest BCUT2D eigenvalue weighted by Crippen LogP contribution is 2.42. The lowest BCUT2D eigenvalue weighted by Crippen LogP contribution is -2.24. The smallest absolute Gasteiger partial charge is 0.283 e. The Bertz CT molecular complexity index is 1540. The predicted octanol–water partition coefficient (Wildman–Crippen LogP) is 6.67. The van der Waals surface area contributed by atoms with Gasteiger partial charge in [-0.3, -0.25) is 19.7 Å². The van der Waals surface area contributed by atoms with Gasteiger partial charge in [0.2, 0.25) is 0 Å². The number of nitro groups is 1. The van der Waals surface area contributed by atoms with E-state index in [1.54, 1.807) is 0 Å². The van der Waals surface area contributed by atoms with Crippen molar-refractivity contribution in [3.8, 4) is 22.5 Å². The van der Waals surface area contributed by atoms with E-state index in [0.717, 1.165) is 18.2 Å². The zero-order valence-corrected chi connectivity index (χ0v) is 19.3. The van der Waals surface area contributed by atoms with Crippen molar-refractivity contribution in [3.05, 3.63) is 99.7 Å². The second kappa shape index (κ2) is 9.53. The van der Waals surface area contributed by atoms with Crippen molar-refractivity contribution in [3.63, 3.8) is 0 Å². The molecule has 0 saturated heterocycles. The zero-order valence-electron chi connectivity index (χ0n) is 19.3. The van der Waals surface area contributed by atoms with Crippen LogP contribution in [0.25, 0.3) is 33.4 Å². The Labute approximate surface area is 204 Å². The van der Waals surface area contributed by atoms with E-state index in [2.05, 4.69) is 11.9 Å². The molecule has 1 N–H and O–H groups in total. The zero-order chi connectivity index (χ0) is 26.1. The van der Waals surface area contributed by atoms with Gasteiger partial charge in [-0.2, -0.15) is 0 Å². The fourth-order valence-corrected chi connectivity index (χ4v) is 3.75. The number of furan rings is 1. The summed E-state index contributed by atoms with van der Waals surface area (Å²) in [6.07, 6.45) is 0.380. The average molecular weight is 490 g/mol. The number of carbonyl (C=O) groups excluding carboxylic acids is 2. The van der Waals surface area contributed by atoms with Crippen molar-refractivity contribution in [1.29, 1.82) is 0 Å². The molecule has 0 aliphatic carbocycles. The number of rotatable bonds is 7. The van der Waals surface area contributed by atoms with E-state index in [-0.39, 0.29) is 39.3 Å². The molecule has 0 spiro atoms. The number of halogens is 2. The van der Waals surface area contributed by atoms with E-state index in [0.29, 0.717) is 17.5 Å². The van der Waals surface area contributed by atoms with E-state index in [9.17, 15) is 24.1 Å². The molecule has 0 bridgehead atoms. The molecule has 1 amide bonds. The van der Waals surface area contributed by atoms with Crippen molar-refractivity contribution in [1.82, 2.24) is 5.32 Å². The summed E-state index contributed by atoms with van der Waals surface area (Å²) in [6.45, 7) is 7.49. The van der Waals surface area contributed by atoms with Crippen molar-refractivity contribution in [2.24, 2.45) is 5.92 Å². The predicted molar refractivity (Wildman–Crippen MR) is 130 cm³/mol. The maximum Gasteiger partial charge on any atom is 0.283 e. The van der Waals surface area contributed by atoms with Crippen LogP contribution in [0.2, 0.25) is 0 Å². The Morgan fingerprint density at radius 3 is 2.42 bits per heavy atom. The number of nitrogens with one attached hydrogen (secondary N) is 1. The van der Waals surface area contributed by atoms with Gasteiger partial charge in [0.15, 0.2) is 6.29 Å². The highest BCUT2D eigenvalue weighted by atomic mass is 19.1. The summed E-state index contributed by atoms with van der Waals surface area (Å²) in [5.74, 6) is -2.15. The number of benzene rings is 3. The molecule has 4 aromatic rings. The molecule has 0 saturated carbocycles. The number of hydrogen-bond donors (Lipinski definition) is 1. The summed E-state index contributed by atoms with van der Waals surface area (Å²) in [5, 5.41) is 14.3. The fraction of sp³-hybridized carbons (Fsp3) is 0.111. The largest absolute Gasteiger partial charge is 0.455 e. The molecule has 36 heavy (non-hydrogen) atoms. The van der Waals surface area contributed by atoms with Gasteiger partial charge in [-0.05, 0) is 47.9 Å². The van der Waals surface area contributed by atoms with Gasteiger partial charge < -0.3 is 9.73 Å². The van der Waals surface area contributed by atoms with Crippen molar-refractivity contribution >= 4 is 28.8 Å². The summed E-state index contributed by atoms with van der Waals surface area (Å²) in [6, 6.07) is 11.7. The van der Waals surface area contributed by atoms with Gasteiger partial charge in [0.1, 0.15) is 23.0 Å². The maximum absolute atomic E-state index is 16.0. The Hall–Kier alpha value is -4.66. The minimum absolute atomic E-state index is 0.0174. The molecule has 0 unspecified atom stereocenters. The molecule has 0 radical (unpaired) electrons. The first-order chi connectivity index (χ1) is 17.1. The third-order valence-electron chi connectivity index (χ3n) is 5.74. The van der Waals surface area contributed by atoms with E-state index in [1.165, 1.54) is 36.4 Å². The summed E-state index contributed by atoms with van der Waals surface area (Å²) in [7, 11) is 0. The number of allylic oxidation sites excluding steroid dienone is 1. The first kappa shape index (κ1) is 24.5. The van der Waals surface area contributed by atoms with Crippen molar-refractivity contribution < 1.29 is 27.7 Å². The topological polar surface area (TPSA) is 102 Å². The molecule has 1 heterocycles. The number of hydrogen-bond acceptors (Lipinski definition) is 5. The van der Waals surface area contributed by atoms with Crippen LogP contribution in [-0.2, 0) is 0 Å². The Balaban J connectivity index is 1.92. The number of carbonyl (C=O) groups is 2. The van der Waals surface area contributed by atoms with Crippen LogP contribution in [0.5, 0.6) is 0 Å². The van der Waals surface area contributed by atoms with Gasteiger partial charge in [0, 0.05) is 16.8 Å². The van der Waals surface area contributed by atoms with E-state index >= 15 is 4.39 Å². The summed E-state index contributed by atoms with van der Waals surface area (Å²) >= 11 is 0. The molecule has 0 aliphatic rings. The molecule has 7 nitrogen and oxygen atoms in total. The quantitative estimate of drug-likeness (QED) is 0.177. The van der Waals surface area contributed by atoms with Gasteiger partial charge in [0.05, 0.1) is 27.5 Å². The Kier molecular flexibility index (Phi) is 6.48. The second-order valence-electron chi connectivity index (χ2n) is 8.40. The number of fused-ring (bicyclic) bond motifs is 1. The third kappa shape index (κ3) is 4.38. The van der Waals surface area contributed by atoms with Crippen LogP contribution in [0.1, 0.15) is 34.6 Å². The van der Waals surface area contributed by atoms with Gasteiger partial charge >= 0.3 is 0 Å². The van der Waals surface area contributed by atoms with Crippen molar-refractivity contribution in [2.75, 3.05) is 0 Å². The summed E-state index contributed by atoms with van der Waals surface area (Å²) in [4.78, 5) is 35.7. The average Bonchev–Trinajstić information content (AvgIpc) is 3.23. The highest BCUT2D eigenvalue weighted by molar-refractivity contribution is 6.06. The Morgan fingerprint density at radius 1 is 1.11 bits per heavy atom. The first-order valence-corrected chi connectivity index (χ1v) is 10.9. The number of amides is 1. The van der Waals surface area contributed by atoms with Crippen LogP contribution < -0.4 is 5.32 Å². The highest BCUT2D eigenvalue weighted by Gasteiger charge is 2.29. The molecule has 0 atom stereocenters. The lowest BCUT2D eigenvalue weighted by Gasteiger charge is -2.12. The van der Waals surface area contributed by atoms with E-state index in [4.69, 9.17) is 4.42 Å². The Morgan fingerprint density at radius 2 is 1.81 bits per heavy atom. The van der Waals surface area contributed by atoms with Gasteiger partial charge in [-0.25, -0.2) is 8.78 Å². The number of aldehydes is 1. The standard InChI is InChI=1S/C27H20F2N2O5/c1-14(2)15(3)30-27(33)18-6-4-5-17(11-18)23-21(31(34)35)12-22-24(25(23)29)20(13-32)26(36-22)16-7-9-19(28)10-8-16/h4-14H,3H2,1-2H3,(H,30,33). The minimum Gasteiger partial charge on any atom is -0.455 e. The van der Waals surface area contributed by atoms with Crippen molar-refractivity contribution in [2.45, 2.75) is 13.8 Å². The first-order valence-electron chi connectivity index (χ1n) is 10.9. The minimum atomic E-state index is -1.05. The normalized spacial score (nSPS) is 11.0.